The topological polar surface area (TPSA) is 73.8 Å². The highest BCUT2D eigenvalue weighted by molar-refractivity contribution is 6.39. The van der Waals surface area contributed by atoms with Crippen LogP contribution in [0.4, 0.5) is 0 Å². The number of hydrazone groups is 1. The number of nitrogens with one attached hydrogen (secondary N) is 2. The molecule has 2 fully saturated rings. The molecule has 0 spiro atoms. The number of amides is 2. The summed E-state index contributed by atoms with van der Waals surface area (Å²) in [5.41, 5.74) is 2.83. The Hall–Kier alpha value is -1.43. The monoisotopic (exact) mass is 292 g/mol. The van der Waals surface area contributed by atoms with E-state index >= 15 is 0 Å². The summed E-state index contributed by atoms with van der Waals surface area (Å²) in [6, 6.07) is 1.02. The largest absolute Gasteiger partial charge is 0.348 e. The molecule has 1 saturated heterocycles. The molecule has 0 unspecified atom stereocenters. The molecular formula is C15H24N4O2. The van der Waals surface area contributed by atoms with Crippen molar-refractivity contribution >= 4 is 17.5 Å². The van der Waals surface area contributed by atoms with Gasteiger partial charge in [0.25, 0.3) is 5.91 Å². The van der Waals surface area contributed by atoms with E-state index in [1.54, 1.807) is 0 Å². The lowest BCUT2D eigenvalue weighted by Gasteiger charge is -2.36. The molecule has 0 bridgehead atoms. The third kappa shape index (κ3) is 3.61. The second kappa shape index (κ2) is 6.56. The zero-order chi connectivity index (χ0) is 14.7. The predicted molar refractivity (Wildman–Crippen MR) is 79.8 cm³/mol. The lowest BCUT2D eigenvalue weighted by atomic mass is 10.0. The van der Waals surface area contributed by atoms with Crippen molar-refractivity contribution in [3.05, 3.63) is 0 Å². The zero-order valence-electron chi connectivity index (χ0n) is 12.4. The summed E-state index contributed by atoms with van der Waals surface area (Å²) >= 11 is 0. The Morgan fingerprint density at radius 3 is 2.48 bits per heavy atom. The van der Waals surface area contributed by atoms with Gasteiger partial charge in [-0.15, -0.1) is 0 Å². The van der Waals surface area contributed by atoms with Gasteiger partial charge in [0.15, 0.2) is 0 Å². The summed E-state index contributed by atoms with van der Waals surface area (Å²) in [5, 5.41) is 6.92. The third-order valence-electron chi connectivity index (χ3n) is 4.87. The highest BCUT2D eigenvalue weighted by atomic mass is 16.2. The molecule has 2 aliphatic heterocycles. The number of hydrogen-bond acceptors (Lipinski definition) is 4. The van der Waals surface area contributed by atoms with Crippen LogP contribution in [0.15, 0.2) is 5.10 Å². The van der Waals surface area contributed by atoms with Crippen molar-refractivity contribution in [3.63, 3.8) is 0 Å². The quantitative estimate of drug-likeness (QED) is 0.807. The van der Waals surface area contributed by atoms with Crippen molar-refractivity contribution in [1.29, 1.82) is 0 Å². The highest BCUT2D eigenvalue weighted by Crippen LogP contribution is 2.26. The van der Waals surface area contributed by atoms with E-state index < -0.39 is 0 Å². The molecule has 3 rings (SSSR count). The molecule has 0 radical (unpaired) electrons. The molecule has 1 aliphatic carbocycles. The van der Waals surface area contributed by atoms with E-state index in [0.29, 0.717) is 18.6 Å². The molecule has 2 N–H and O–H groups in total. The van der Waals surface area contributed by atoms with Crippen LogP contribution in [-0.2, 0) is 9.59 Å². The minimum Gasteiger partial charge on any atom is -0.348 e. The molecule has 1 saturated carbocycles. The Bertz CT molecular complexity index is 435. The number of piperidine rings is 1. The normalized spacial score (nSPS) is 25.5. The smallest absolute Gasteiger partial charge is 0.267 e. The maximum Gasteiger partial charge on any atom is 0.267 e. The summed E-state index contributed by atoms with van der Waals surface area (Å²) < 4.78 is 0. The maximum atomic E-state index is 12.1. The van der Waals surface area contributed by atoms with Gasteiger partial charge in [-0.1, -0.05) is 12.8 Å². The Labute approximate surface area is 125 Å². The molecule has 2 heterocycles. The van der Waals surface area contributed by atoms with E-state index in [9.17, 15) is 9.59 Å². The molecular weight excluding hydrogens is 268 g/mol. The van der Waals surface area contributed by atoms with Crippen LogP contribution in [-0.4, -0.2) is 47.6 Å². The van der Waals surface area contributed by atoms with Crippen LogP contribution in [0.1, 0.15) is 51.4 Å². The van der Waals surface area contributed by atoms with E-state index in [4.69, 9.17) is 0 Å². The number of likely N-dealkylation sites (tertiary alicyclic amines) is 1. The molecule has 116 valence electrons. The van der Waals surface area contributed by atoms with Crippen molar-refractivity contribution in [3.8, 4) is 0 Å². The van der Waals surface area contributed by atoms with Gasteiger partial charge >= 0.3 is 0 Å². The maximum absolute atomic E-state index is 12.1. The zero-order valence-corrected chi connectivity index (χ0v) is 12.4. The van der Waals surface area contributed by atoms with Gasteiger partial charge in [0.2, 0.25) is 5.91 Å². The van der Waals surface area contributed by atoms with Crippen molar-refractivity contribution < 1.29 is 9.59 Å². The first kappa shape index (κ1) is 14.5. The Morgan fingerprint density at radius 2 is 1.86 bits per heavy atom. The summed E-state index contributed by atoms with van der Waals surface area (Å²) in [4.78, 5) is 25.7. The van der Waals surface area contributed by atoms with Gasteiger partial charge in [0.05, 0.1) is 0 Å². The molecule has 0 aromatic heterocycles. The second-order valence-corrected chi connectivity index (χ2v) is 6.32. The van der Waals surface area contributed by atoms with Crippen LogP contribution in [0.2, 0.25) is 0 Å². The molecule has 6 heteroatoms. The molecule has 21 heavy (non-hydrogen) atoms. The van der Waals surface area contributed by atoms with Crippen LogP contribution >= 0.6 is 0 Å². The Balaban J connectivity index is 1.44. The lowest BCUT2D eigenvalue weighted by molar-refractivity contribution is -0.121. The van der Waals surface area contributed by atoms with Gasteiger partial charge in [-0.25, -0.2) is 5.43 Å². The molecule has 3 aliphatic rings. The van der Waals surface area contributed by atoms with E-state index in [1.807, 2.05) is 0 Å². The van der Waals surface area contributed by atoms with E-state index in [-0.39, 0.29) is 17.9 Å². The Morgan fingerprint density at radius 1 is 1.14 bits per heavy atom. The fraction of sp³-hybridized carbons (Fsp3) is 0.800. The number of carbonyl (C=O) groups excluding carboxylic acids is 2. The average Bonchev–Trinajstić information content (AvgIpc) is 3.03. The van der Waals surface area contributed by atoms with Gasteiger partial charge in [0.1, 0.15) is 5.71 Å². The molecule has 2 amide bonds. The fourth-order valence-corrected chi connectivity index (χ4v) is 3.58. The van der Waals surface area contributed by atoms with Crippen molar-refractivity contribution in [1.82, 2.24) is 15.6 Å². The van der Waals surface area contributed by atoms with Crippen LogP contribution in [0.25, 0.3) is 0 Å². The van der Waals surface area contributed by atoms with Crippen LogP contribution < -0.4 is 10.7 Å². The van der Waals surface area contributed by atoms with Crippen molar-refractivity contribution in [2.45, 2.75) is 63.5 Å². The molecule has 0 aromatic rings. The predicted octanol–water partition coefficient (Wildman–Crippen LogP) is 0.776. The summed E-state index contributed by atoms with van der Waals surface area (Å²) in [7, 11) is 0. The first-order valence-electron chi connectivity index (χ1n) is 8.12. The summed E-state index contributed by atoms with van der Waals surface area (Å²) in [6.07, 6.45) is 8.25. The van der Waals surface area contributed by atoms with Gasteiger partial charge in [-0.3, -0.25) is 9.59 Å². The average molecular weight is 292 g/mol. The number of carbonyl (C=O) groups is 2. The number of nitrogens with zero attached hydrogens (tertiary/aromatic N) is 2. The van der Waals surface area contributed by atoms with E-state index in [2.05, 4.69) is 20.7 Å². The molecule has 6 nitrogen and oxygen atoms in total. The van der Waals surface area contributed by atoms with Crippen LogP contribution in [0, 0.1) is 0 Å². The minimum absolute atomic E-state index is 0.114. The Kier molecular flexibility index (Phi) is 4.53. The minimum atomic E-state index is -0.116. The lowest BCUT2D eigenvalue weighted by Crippen LogP contribution is -2.49. The molecule has 0 atom stereocenters. The highest BCUT2D eigenvalue weighted by Gasteiger charge is 2.28. The first-order valence-corrected chi connectivity index (χ1v) is 8.12. The van der Waals surface area contributed by atoms with Gasteiger partial charge in [0, 0.05) is 38.0 Å². The number of hydrogen-bond donors (Lipinski definition) is 2. The van der Waals surface area contributed by atoms with Crippen LogP contribution in [0.3, 0.4) is 0 Å². The van der Waals surface area contributed by atoms with Crippen molar-refractivity contribution in [2.24, 2.45) is 5.10 Å². The summed E-state index contributed by atoms with van der Waals surface area (Å²) in [5.74, 6) is -0.231. The molecule has 0 aromatic carbocycles. The van der Waals surface area contributed by atoms with Crippen molar-refractivity contribution in [2.75, 3.05) is 13.1 Å². The second-order valence-electron chi connectivity index (χ2n) is 6.32. The van der Waals surface area contributed by atoms with E-state index in [1.165, 1.54) is 25.7 Å². The third-order valence-corrected chi connectivity index (χ3v) is 4.87. The standard InChI is InChI=1S/C15H24N4O2/c20-14-6-5-13(17-18-14)15(21)16-11-7-9-19(10-8-11)12-3-1-2-4-12/h11-12H,1-10H2,(H,16,21)(H,18,20). The SMILES string of the molecule is O=C1CCC(C(=O)NC2CCN(C3CCCC3)CC2)=NN1. The van der Waals surface area contributed by atoms with E-state index in [0.717, 1.165) is 32.0 Å². The summed E-state index contributed by atoms with van der Waals surface area (Å²) in [6.45, 7) is 2.16. The number of rotatable bonds is 3. The van der Waals surface area contributed by atoms with Gasteiger partial charge < -0.3 is 10.2 Å². The first-order chi connectivity index (χ1) is 10.2. The van der Waals surface area contributed by atoms with Crippen LogP contribution in [0.5, 0.6) is 0 Å². The van der Waals surface area contributed by atoms with Gasteiger partial charge in [-0.2, -0.15) is 5.10 Å². The van der Waals surface area contributed by atoms with Gasteiger partial charge in [-0.05, 0) is 25.7 Å². The fourth-order valence-electron chi connectivity index (χ4n) is 3.58.